The molecule has 3 rings (SSSR count). The maximum atomic E-state index is 11.8. The molecule has 0 aliphatic heterocycles. The molecule has 41 heavy (non-hydrogen) atoms. The zero-order valence-electron chi connectivity index (χ0n) is 27.0. The molecule has 0 fully saturated rings. The summed E-state index contributed by atoms with van der Waals surface area (Å²) >= 11 is 0. The number of hydrogen-bond donors (Lipinski definition) is 0. The summed E-state index contributed by atoms with van der Waals surface area (Å²) in [6.07, 6.45) is 34.0. The summed E-state index contributed by atoms with van der Waals surface area (Å²) in [6.45, 7) is 4.60. The van der Waals surface area contributed by atoms with E-state index in [1.807, 2.05) is 6.07 Å². The molecule has 0 aromatic heterocycles. The Labute approximate surface area is 254 Å². The summed E-state index contributed by atoms with van der Waals surface area (Å²) in [6, 6.07) is 15.6. The van der Waals surface area contributed by atoms with Gasteiger partial charge in [0.2, 0.25) is 0 Å². The second-order valence-electron chi connectivity index (χ2n) is 13.1. The molecule has 228 valence electrons. The van der Waals surface area contributed by atoms with E-state index in [0.29, 0.717) is 0 Å². The molecular weight excluding hydrogens is 496 g/mol. The smallest absolute Gasteiger partial charge is 0.150 e. The Hall–Kier alpha value is -1.89. The van der Waals surface area contributed by atoms with Crippen LogP contribution >= 0.6 is 0 Å². The van der Waals surface area contributed by atoms with Gasteiger partial charge < -0.3 is 0 Å². The van der Waals surface area contributed by atoms with Gasteiger partial charge in [-0.1, -0.05) is 192 Å². The molecular formula is C40H62O. The molecule has 0 saturated carbocycles. The third-order valence-electron chi connectivity index (χ3n) is 9.84. The van der Waals surface area contributed by atoms with Crippen molar-refractivity contribution in [3.05, 3.63) is 59.2 Å². The van der Waals surface area contributed by atoms with Crippen molar-refractivity contribution in [1.82, 2.24) is 0 Å². The van der Waals surface area contributed by atoms with Gasteiger partial charge >= 0.3 is 0 Å². The predicted octanol–water partition coefficient (Wildman–Crippen LogP) is 13.2. The molecule has 2 aromatic carbocycles. The topological polar surface area (TPSA) is 17.1 Å². The van der Waals surface area contributed by atoms with Crippen LogP contribution in [0.2, 0.25) is 0 Å². The number of aldehydes is 1. The van der Waals surface area contributed by atoms with Gasteiger partial charge in [0.25, 0.3) is 0 Å². The summed E-state index contributed by atoms with van der Waals surface area (Å²) in [5.41, 5.74) is 6.64. The molecule has 0 bridgehead atoms. The average Bonchev–Trinajstić information content (AvgIpc) is 3.27. The lowest BCUT2D eigenvalue weighted by atomic mass is 9.70. The van der Waals surface area contributed by atoms with Crippen LogP contribution in [-0.4, -0.2) is 6.29 Å². The van der Waals surface area contributed by atoms with Crippen molar-refractivity contribution in [2.24, 2.45) is 0 Å². The lowest BCUT2D eigenvalue weighted by Crippen LogP contribution is -2.25. The molecule has 0 amide bonds. The van der Waals surface area contributed by atoms with E-state index >= 15 is 0 Å². The lowest BCUT2D eigenvalue weighted by molar-refractivity contribution is 0.112. The van der Waals surface area contributed by atoms with Crippen LogP contribution in [0.5, 0.6) is 0 Å². The largest absolute Gasteiger partial charge is 0.298 e. The molecule has 2 aromatic rings. The number of carbonyl (C=O) groups excluding carboxylic acids is 1. The van der Waals surface area contributed by atoms with Crippen LogP contribution in [0.3, 0.4) is 0 Å². The fourth-order valence-electron chi connectivity index (χ4n) is 7.39. The maximum absolute atomic E-state index is 11.8. The Kier molecular flexibility index (Phi) is 16.5. The Bertz CT molecular complexity index is 975. The number of unbranched alkanes of at least 4 members (excludes halogenated alkanes) is 20. The predicted molar refractivity (Wildman–Crippen MR) is 180 cm³/mol. The monoisotopic (exact) mass is 558 g/mol. The van der Waals surface area contributed by atoms with Crippen molar-refractivity contribution in [3.8, 4) is 11.1 Å². The van der Waals surface area contributed by atoms with Crippen molar-refractivity contribution < 1.29 is 4.79 Å². The van der Waals surface area contributed by atoms with Crippen molar-refractivity contribution in [2.75, 3.05) is 0 Å². The summed E-state index contributed by atoms with van der Waals surface area (Å²) in [7, 11) is 0. The van der Waals surface area contributed by atoms with Crippen LogP contribution in [0.25, 0.3) is 11.1 Å². The highest BCUT2D eigenvalue weighted by molar-refractivity contribution is 5.85. The van der Waals surface area contributed by atoms with Crippen LogP contribution < -0.4 is 0 Å². The van der Waals surface area contributed by atoms with E-state index < -0.39 is 0 Å². The van der Waals surface area contributed by atoms with Gasteiger partial charge in [-0.3, -0.25) is 4.79 Å². The quantitative estimate of drug-likeness (QED) is 0.0874. The lowest BCUT2D eigenvalue weighted by Gasteiger charge is -2.33. The Morgan fingerprint density at radius 3 is 1.37 bits per heavy atom. The van der Waals surface area contributed by atoms with Gasteiger partial charge in [-0.2, -0.15) is 0 Å². The van der Waals surface area contributed by atoms with Crippen LogP contribution in [0.1, 0.15) is 189 Å². The van der Waals surface area contributed by atoms with Crippen molar-refractivity contribution in [1.29, 1.82) is 0 Å². The Morgan fingerprint density at radius 2 is 0.902 bits per heavy atom. The SMILES string of the molecule is CCCCCCCCCCCCCCCCC1(CCCCCCCCCC)c2ccccc2-c2ccc(C=O)cc21. The minimum Gasteiger partial charge on any atom is -0.298 e. The van der Waals surface area contributed by atoms with Gasteiger partial charge in [0.1, 0.15) is 6.29 Å². The van der Waals surface area contributed by atoms with E-state index in [4.69, 9.17) is 0 Å². The first-order valence-corrected chi connectivity index (χ1v) is 18.0. The minimum absolute atomic E-state index is 0.0737. The normalized spacial score (nSPS) is 15.7. The Morgan fingerprint density at radius 1 is 0.488 bits per heavy atom. The molecule has 1 unspecified atom stereocenters. The standard InChI is InChI=1S/C40H62O/c1-3-5-7-9-11-13-14-15-16-17-18-20-22-26-32-40(31-25-21-19-12-10-8-6-4-2)38-28-24-23-27-36(38)37-30-29-35(34-41)33-39(37)40/h23-24,27-30,33-34H,3-22,25-26,31-32H2,1-2H3. The number of benzene rings is 2. The van der Waals surface area contributed by atoms with Crippen LogP contribution in [0.15, 0.2) is 42.5 Å². The molecule has 0 radical (unpaired) electrons. The highest BCUT2D eigenvalue weighted by Crippen LogP contribution is 2.54. The third kappa shape index (κ3) is 10.7. The summed E-state index contributed by atoms with van der Waals surface area (Å²) in [5.74, 6) is 0. The maximum Gasteiger partial charge on any atom is 0.150 e. The Balaban J connectivity index is 1.50. The van der Waals surface area contributed by atoms with Gasteiger partial charge in [-0.25, -0.2) is 0 Å². The van der Waals surface area contributed by atoms with Gasteiger partial charge in [0, 0.05) is 11.0 Å². The molecule has 1 aliphatic rings. The zero-order valence-corrected chi connectivity index (χ0v) is 27.0. The van der Waals surface area contributed by atoms with E-state index in [1.165, 1.54) is 176 Å². The highest BCUT2D eigenvalue weighted by atomic mass is 16.1. The number of carbonyl (C=O) groups is 1. The van der Waals surface area contributed by atoms with Crippen LogP contribution in [-0.2, 0) is 5.41 Å². The van der Waals surface area contributed by atoms with E-state index in [1.54, 1.807) is 0 Å². The van der Waals surface area contributed by atoms with Crippen molar-refractivity contribution in [2.45, 2.75) is 173 Å². The van der Waals surface area contributed by atoms with Crippen LogP contribution in [0, 0.1) is 0 Å². The summed E-state index contributed by atoms with van der Waals surface area (Å²) in [5, 5.41) is 0. The number of fused-ring (bicyclic) bond motifs is 3. The molecule has 0 saturated heterocycles. The second kappa shape index (κ2) is 20.1. The van der Waals surface area contributed by atoms with Gasteiger partial charge in [-0.15, -0.1) is 0 Å². The molecule has 1 atom stereocenters. The van der Waals surface area contributed by atoms with E-state index in [-0.39, 0.29) is 5.41 Å². The van der Waals surface area contributed by atoms with Gasteiger partial charge in [0.05, 0.1) is 0 Å². The second-order valence-corrected chi connectivity index (χ2v) is 13.1. The van der Waals surface area contributed by atoms with Gasteiger partial charge in [-0.05, 0) is 41.2 Å². The van der Waals surface area contributed by atoms with Crippen molar-refractivity contribution >= 4 is 6.29 Å². The summed E-state index contributed by atoms with van der Waals surface area (Å²) in [4.78, 5) is 11.8. The van der Waals surface area contributed by atoms with E-state index in [0.717, 1.165) is 11.8 Å². The first-order valence-electron chi connectivity index (χ1n) is 18.0. The van der Waals surface area contributed by atoms with E-state index in [9.17, 15) is 4.79 Å². The van der Waals surface area contributed by atoms with Crippen molar-refractivity contribution in [3.63, 3.8) is 0 Å². The first kappa shape index (κ1) is 33.6. The molecule has 0 heterocycles. The molecule has 0 spiro atoms. The fraction of sp³-hybridized carbons (Fsp3) is 0.675. The first-order chi connectivity index (χ1) is 20.3. The highest BCUT2D eigenvalue weighted by Gasteiger charge is 2.42. The number of hydrogen-bond acceptors (Lipinski definition) is 1. The molecule has 1 nitrogen and oxygen atoms in total. The molecule has 1 aliphatic carbocycles. The fourth-order valence-corrected chi connectivity index (χ4v) is 7.39. The third-order valence-corrected chi connectivity index (χ3v) is 9.84. The number of rotatable bonds is 25. The molecule has 0 N–H and O–H groups in total. The average molecular weight is 559 g/mol. The van der Waals surface area contributed by atoms with Crippen LogP contribution in [0.4, 0.5) is 0 Å². The van der Waals surface area contributed by atoms with Gasteiger partial charge in [0.15, 0.2) is 0 Å². The zero-order chi connectivity index (χ0) is 29.0. The molecule has 1 heteroatoms. The minimum atomic E-state index is 0.0737. The summed E-state index contributed by atoms with van der Waals surface area (Å²) < 4.78 is 0. The van der Waals surface area contributed by atoms with E-state index in [2.05, 4.69) is 50.2 Å².